The zero-order valence-corrected chi connectivity index (χ0v) is 7.07. The highest BCUT2D eigenvalue weighted by molar-refractivity contribution is 4.92. The van der Waals surface area contributed by atoms with Crippen molar-refractivity contribution < 1.29 is 4.39 Å². The number of halogens is 1. The van der Waals surface area contributed by atoms with Gasteiger partial charge < -0.3 is 11.1 Å². The van der Waals surface area contributed by atoms with Gasteiger partial charge in [-0.1, -0.05) is 0 Å². The molecule has 0 aromatic carbocycles. The molecule has 1 rings (SSSR count). The third-order valence-electron chi connectivity index (χ3n) is 2.76. The second-order valence-electron chi connectivity index (χ2n) is 3.44. The summed E-state index contributed by atoms with van der Waals surface area (Å²) in [4.78, 5) is 0. The van der Waals surface area contributed by atoms with Crippen molar-refractivity contribution in [3.8, 4) is 0 Å². The lowest BCUT2D eigenvalue weighted by Gasteiger charge is -2.29. The van der Waals surface area contributed by atoms with Crippen molar-refractivity contribution >= 4 is 0 Å². The van der Waals surface area contributed by atoms with Gasteiger partial charge >= 0.3 is 0 Å². The van der Waals surface area contributed by atoms with E-state index in [0.29, 0.717) is 6.54 Å². The Morgan fingerprint density at radius 1 is 1.73 bits per heavy atom. The Bertz CT molecular complexity index is 119. The maximum atomic E-state index is 13.2. The molecule has 0 saturated carbocycles. The number of nitrogens with one attached hydrogen (secondary N) is 1. The van der Waals surface area contributed by atoms with Gasteiger partial charge in [-0.15, -0.1) is 0 Å². The van der Waals surface area contributed by atoms with E-state index >= 15 is 0 Å². The first-order chi connectivity index (χ1) is 5.21. The molecule has 3 N–H and O–H groups in total. The largest absolute Gasteiger partial charge is 0.330 e. The maximum absolute atomic E-state index is 13.2. The van der Waals surface area contributed by atoms with Crippen LogP contribution in [0.1, 0.15) is 19.8 Å². The van der Waals surface area contributed by atoms with E-state index in [2.05, 4.69) is 5.32 Å². The van der Waals surface area contributed by atoms with Gasteiger partial charge in [0.05, 0.1) is 0 Å². The molecule has 0 aromatic rings. The molecular weight excluding hydrogens is 143 g/mol. The van der Waals surface area contributed by atoms with Crippen LogP contribution >= 0.6 is 0 Å². The predicted molar refractivity (Wildman–Crippen MR) is 44.2 cm³/mol. The third kappa shape index (κ3) is 1.71. The molecule has 0 radical (unpaired) electrons. The van der Waals surface area contributed by atoms with Crippen LogP contribution in [0.5, 0.6) is 0 Å². The monoisotopic (exact) mass is 160 g/mol. The lowest BCUT2D eigenvalue weighted by atomic mass is 9.80. The van der Waals surface area contributed by atoms with Crippen LogP contribution in [0.3, 0.4) is 0 Å². The molecule has 66 valence electrons. The summed E-state index contributed by atoms with van der Waals surface area (Å²) in [6, 6.07) is 0. The summed E-state index contributed by atoms with van der Waals surface area (Å²) in [6.07, 6.45) is 1.00. The fourth-order valence-electron chi connectivity index (χ4n) is 1.80. The van der Waals surface area contributed by atoms with Crippen molar-refractivity contribution in [1.82, 2.24) is 5.32 Å². The molecule has 3 heteroatoms. The molecule has 1 heterocycles. The van der Waals surface area contributed by atoms with E-state index in [1.807, 2.05) is 0 Å². The number of hydrogen-bond donors (Lipinski definition) is 2. The van der Waals surface area contributed by atoms with Crippen molar-refractivity contribution in [2.75, 3.05) is 19.6 Å². The minimum Gasteiger partial charge on any atom is -0.330 e. The van der Waals surface area contributed by atoms with Crippen molar-refractivity contribution in [2.24, 2.45) is 11.1 Å². The Balaban J connectivity index is 2.55. The Morgan fingerprint density at radius 2 is 2.45 bits per heavy atom. The van der Waals surface area contributed by atoms with Crippen molar-refractivity contribution in [2.45, 2.75) is 25.9 Å². The molecule has 0 spiro atoms. The summed E-state index contributed by atoms with van der Waals surface area (Å²) in [5.74, 6) is 0. The standard InChI is InChI=1S/C8H17FN2/c1-7(9)8(2-4-10)3-5-11-6-8/h7,11H,2-6,10H2,1H3. The van der Waals surface area contributed by atoms with Crippen molar-refractivity contribution in [3.63, 3.8) is 0 Å². The third-order valence-corrected chi connectivity index (χ3v) is 2.76. The van der Waals surface area contributed by atoms with Gasteiger partial charge in [-0.25, -0.2) is 4.39 Å². The van der Waals surface area contributed by atoms with Crippen LogP contribution < -0.4 is 11.1 Å². The molecule has 0 aliphatic carbocycles. The highest BCUT2D eigenvalue weighted by Gasteiger charge is 2.38. The van der Waals surface area contributed by atoms with E-state index in [0.717, 1.165) is 25.9 Å². The van der Waals surface area contributed by atoms with E-state index < -0.39 is 6.17 Å². The van der Waals surface area contributed by atoms with Gasteiger partial charge in [0.15, 0.2) is 0 Å². The minimum atomic E-state index is -0.735. The number of rotatable bonds is 3. The van der Waals surface area contributed by atoms with Crippen LogP contribution in [0, 0.1) is 5.41 Å². The molecule has 1 aliphatic rings. The van der Waals surface area contributed by atoms with Gasteiger partial charge in [0.1, 0.15) is 6.17 Å². The van der Waals surface area contributed by atoms with Crippen LogP contribution in [0.25, 0.3) is 0 Å². The summed E-state index contributed by atoms with van der Waals surface area (Å²) in [6.45, 7) is 3.97. The molecule has 0 amide bonds. The minimum absolute atomic E-state index is 0.158. The molecule has 2 atom stereocenters. The average Bonchev–Trinajstić information content (AvgIpc) is 2.38. The summed E-state index contributed by atoms with van der Waals surface area (Å²) in [5.41, 5.74) is 5.28. The number of hydrogen-bond acceptors (Lipinski definition) is 2. The summed E-state index contributed by atoms with van der Waals surface area (Å²) >= 11 is 0. The first kappa shape index (κ1) is 8.94. The summed E-state index contributed by atoms with van der Waals surface area (Å²) < 4.78 is 13.2. The molecule has 0 bridgehead atoms. The van der Waals surface area contributed by atoms with Crippen LogP contribution in [-0.4, -0.2) is 25.8 Å². The Morgan fingerprint density at radius 3 is 2.82 bits per heavy atom. The van der Waals surface area contributed by atoms with Gasteiger partial charge in [-0.05, 0) is 32.9 Å². The van der Waals surface area contributed by atoms with Crippen LogP contribution in [0.15, 0.2) is 0 Å². The lowest BCUT2D eigenvalue weighted by Crippen LogP contribution is -2.34. The number of nitrogens with two attached hydrogens (primary N) is 1. The van der Waals surface area contributed by atoms with E-state index in [9.17, 15) is 4.39 Å². The fraction of sp³-hybridized carbons (Fsp3) is 1.00. The zero-order chi connectivity index (χ0) is 8.32. The molecule has 2 unspecified atom stereocenters. The van der Waals surface area contributed by atoms with Crippen molar-refractivity contribution in [3.05, 3.63) is 0 Å². The zero-order valence-electron chi connectivity index (χ0n) is 7.07. The topological polar surface area (TPSA) is 38.0 Å². The highest BCUT2D eigenvalue weighted by atomic mass is 19.1. The lowest BCUT2D eigenvalue weighted by molar-refractivity contribution is 0.132. The second kappa shape index (κ2) is 3.50. The molecule has 1 fully saturated rings. The second-order valence-corrected chi connectivity index (χ2v) is 3.44. The molecule has 0 aromatic heterocycles. The van der Waals surface area contributed by atoms with Gasteiger partial charge in [-0.2, -0.15) is 0 Å². The average molecular weight is 160 g/mol. The quantitative estimate of drug-likeness (QED) is 0.637. The smallest absolute Gasteiger partial charge is 0.104 e. The molecule has 11 heavy (non-hydrogen) atoms. The first-order valence-electron chi connectivity index (χ1n) is 4.26. The number of alkyl halides is 1. The fourth-order valence-corrected chi connectivity index (χ4v) is 1.80. The summed E-state index contributed by atoms with van der Waals surface area (Å²) in [5, 5.41) is 3.18. The van der Waals surface area contributed by atoms with E-state index in [1.54, 1.807) is 6.92 Å². The van der Waals surface area contributed by atoms with Crippen LogP contribution in [0.2, 0.25) is 0 Å². The Labute approximate surface area is 67.3 Å². The van der Waals surface area contributed by atoms with E-state index in [1.165, 1.54) is 0 Å². The van der Waals surface area contributed by atoms with Gasteiger partial charge in [0.2, 0.25) is 0 Å². The van der Waals surface area contributed by atoms with Gasteiger partial charge in [-0.3, -0.25) is 0 Å². The van der Waals surface area contributed by atoms with Crippen molar-refractivity contribution in [1.29, 1.82) is 0 Å². The maximum Gasteiger partial charge on any atom is 0.104 e. The van der Waals surface area contributed by atoms with Crippen LogP contribution in [-0.2, 0) is 0 Å². The summed E-state index contributed by atoms with van der Waals surface area (Å²) in [7, 11) is 0. The molecule has 1 saturated heterocycles. The SMILES string of the molecule is CC(F)C1(CCN)CCNC1. The first-order valence-corrected chi connectivity index (χ1v) is 4.26. The normalized spacial score (nSPS) is 34.1. The molecular formula is C8H17FN2. The molecule has 1 aliphatic heterocycles. The van der Waals surface area contributed by atoms with E-state index in [-0.39, 0.29) is 5.41 Å². The van der Waals surface area contributed by atoms with Gasteiger partial charge in [0.25, 0.3) is 0 Å². The van der Waals surface area contributed by atoms with Gasteiger partial charge in [0, 0.05) is 12.0 Å². The Hall–Kier alpha value is -0.150. The van der Waals surface area contributed by atoms with Crippen LogP contribution in [0.4, 0.5) is 4.39 Å². The molecule has 2 nitrogen and oxygen atoms in total. The van der Waals surface area contributed by atoms with E-state index in [4.69, 9.17) is 5.73 Å². The predicted octanol–water partition coefficient (Wildman–Crippen LogP) is 0.673. The highest BCUT2D eigenvalue weighted by Crippen LogP contribution is 2.34. The Kier molecular flexibility index (Phi) is 2.84.